The Morgan fingerprint density at radius 2 is 0.536 bits per heavy atom. The summed E-state index contributed by atoms with van der Waals surface area (Å²) in [7, 11) is 0. The predicted molar refractivity (Wildman–Crippen MR) is 198 cm³/mol. The third-order valence-corrected chi connectivity index (χ3v) is 14.0. The lowest BCUT2D eigenvalue weighted by Crippen LogP contribution is -2.45. The molecule has 0 aliphatic heterocycles. The number of alkyl halides is 8. The van der Waals surface area contributed by atoms with E-state index in [-0.39, 0.29) is 11.1 Å². The van der Waals surface area contributed by atoms with Gasteiger partial charge in [0.25, 0.3) is 0 Å². The fourth-order valence-electron chi connectivity index (χ4n) is 11.3. The molecule has 4 aromatic carbocycles. The summed E-state index contributed by atoms with van der Waals surface area (Å²) in [4.78, 5) is 0. The maximum absolute atomic E-state index is 17.6. The maximum Gasteiger partial charge on any atom is 0.340 e. The summed E-state index contributed by atoms with van der Waals surface area (Å²) < 4.78 is 139. The van der Waals surface area contributed by atoms with Crippen molar-refractivity contribution in [2.24, 2.45) is 0 Å². The first kappa shape index (κ1) is 34.5. The number of halogens is 8. The van der Waals surface area contributed by atoms with E-state index in [2.05, 4.69) is 0 Å². The largest absolute Gasteiger partial charge is 0.340 e. The molecule has 8 heteroatoms. The van der Waals surface area contributed by atoms with Crippen molar-refractivity contribution in [3.63, 3.8) is 0 Å². The molecule has 0 unspecified atom stereocenters. The molecule has 19 rings (SSSR count). The van der Waals surface area contributed by atoms with Gasteiger partial charge in [0, 0.05) is 45.9 Å². The Balaban J connectivity index is 1.23. The average molecular weight is 765 g/mol. The topological polar surface area (TPSA) is 0 Å². The SMILES string of the molecule is FC1(F)c2ccc(c3c2C2C=CC3C=C2)C(F)(F)C(F)(F)c2ccc(c3c2C2C4=C5CCc6ccc(cc6)CCC2=C(CCc2ccc(cc2)CC4)C53)C1(F)F. The summed E-state index contributed by atoms with van der Waals surface area (Å²) in [5.74, 6) is -23.7. The first-order chi connectivity index (χ1) is 26.8. The minimum absolute atomic E-state index is 0.327. The van der Waals surface area contributed by atoms with Gasteiger partial charge >= 0.3 is 23.7 Å². The molecule has 284 valence electrons. The smallest absolute Gasteiger partial charge is 0.194 e. The van der Waals surface area contributed by atoms with E-state index in [1.807, 2.05) is 48.5 Å². The number of allylic oxidation sites excluding steroid dienone is 8. The Kier molecular flexibility index (Phi) is 7.06. The molecule has 16 bridgehead atoms. The van der Waals surface area contributed by atoms with Crippen LogP contribution in [0.1, 0.15) is 116 Å². The van der Waals surface area contributed by atoms with Crippen LogP contribution in [0.5, 0.6) is 0 Å². The number of hydrogen-bond acceptors (Lipinski definition) is 0. The summed E-state index contributed by atoms with van der Waals surface area (Å²) in [5.41, 5.74) is 1.27. The highest BCUT2D eigenvalue weighted by Gasteiger charge is 2.67. The van der Waals surface area contributed by atoms with E-state index in [1.165, 1.54) is 24.3 Å². The molecule has 0 nitrogen and oxygen atoms in total. The molecular weight excluding hydrogens is 729 g/mol. The summed E-state index contributed by atoms with van der Waals surface area (Å²) in [6.45, 7) is 0. The predicted octanol–water partition coefficient (Wildman–Crippen LogP) is 13.0. The molecule has 0 spiro atoms. The molecule has 0 fully saturated rings. The summed E-state index contributed by atoms with van der Waals surface area (Å²) in [6, 6.07) is 18.6. The van der Waals surface area contributed by atoms with E-state index in [1.54, 1.807) is 0 Å². The van der Waals surface area contributed by atoms with Gasteiger partial charge < -0.3 is 0 Å². The minimum Gasteiger partial charge on any atom is -0.194 e. The van der Waals surface area contributed by atoms with Crippen molar-refractivity contribution in [1.82, 2.24) is 0 Å². The number of rotatable bonds is 0. The highest BCUT2D eigenvalue weighted by Crippen LogP contribution is 2.67. The van der Waals surface area contributed by atoms with Crippen molar-refractivity contribution in [3.05, 3.63) is 186 Å². The van der Waals surface area contributed by atoms with Crippen molar-refractivity contribution < 1.29 is 35.1 Å². The summed E-state index contributed by atoms with van der Waals surface area (Å²) in [6.07, 6.45) is 9.60. The van der Waals surface area contributed by atoms with Gasteiger partial charge in [0.05, 0.1) is 0 Å². The quantitative estimate of drug-likeness (QED) is 0.124. The van der Waals surface area contributed by atoms with E-state index < -0.39 is 80.7 Å². The second kappa shape index (κ2) is 11.4. The lowest BCUT2D eigenvalue weighted by Gasteiger charge is -2.50. The van der Waals surface area contributed by atoms with E-state index in [0.29, 0.717) is 75.6 Å². The van der Waals surface area contributed by atoms with Gasteiger partial charge in [0.1, 0.15) is 0 Å². The second-order valence-electron chi connectivity index (χ2n) is 16.7. The average Bonchev–Trinajstić information content (AvgIpc) is 3.19. The third-order valence-electron chi connectivity index (χ3n) is 14.0. The minimum atomic E-state index is -4.89. The van der Waals surface area contributed by atoms with Crippen LogP contribution in [0.3, 0.4) is 0 Å². The molecule has 0 radical (unpaired) electrons. The van der Waals surface area contributed by atoms with Gasteiger partial charge in [-0.05, 0) is 95.9 Å². The van der Waals surface area contributed by atoms with E-state index in [4.69, 9.17) is 0 Å². The van der Waals surface area contributed by atoms with Crippen LogP contribution >= 0.6 is 0 Å². The van der Waals surface area contributed by atoms with Crippen LogP contribution in [0.4, 0.5) is 35.1 Å². The molecule has 0 aromatic heterocycles. The van der Waals surface area contributed by atoms with Crippen molar-refractivity contribution >= 4 is 0 Å². The van der Waals surface area contributed by atoms with Gasteiger partial charge in [0.2, 0.25) is 0 Å². The van der Waals surface area contributed by atoms with Gasteiger partial charge in [0.15, 0.2) is 0 Å². The van der Waals surface area contributed by atoms with Crippen molar-refractivity contribution in [1.29, 1.82) is 0 Å². The first-order valence-corrected chi connectivity index (χ1v) is 19.6. The monoisotopic (exact) mass is 764 g/mol. The lowest BCUT2D eigenvalue weighted by molar-refractivity contribution is -0.228. The Morgan fingerprint density at radius 3 is 0.786 bits per heavy atom. The Labute approximate surface area is 319 Å². The summed E-state index contributed by atoms with van der Waals surface area (Å²) in [5, 5.41) is 0. The zero-order valence-electron chi connectivity index (χ0n) is 30.2. The lowest BCUT2D eigenvalue weighted by atomic mass is 9.55. The van der Waals surface area contributed by atoms with E-state index >= 15 is 35.1 Å². The number of benzene rings is 4. The van der Waals surface area contributed by atoms with E-state index in [9.17, 15) is 0 Å². The first-order valence-electron chi connectivity index (χ1n) is 19.6. The van der Waals surface area contributed by atoms with Gasteiger partial charge in [-0.15, -0.1) is 0 Å². The van der Waals surface area contributed by atoms with Crippen molar-refractivity contribution in [2.75, 3.05) is 0 Å². The fraction of sp³-hybridized carbons (Fsp3) is 0.333. The molecule has 15 aliphatic carbocycles. The third kappa shape index (κ3) is 4.42. The number of fused-ring (bicyclic) bond motifs is 6. The van der Waals surface area contributed by atoms with Crippen LogP contribution in [-0.4, -0.2) is 0 Å². The van der Waals surface area contributed by atoms with Gasteiger partial charge in [-0.3, -0.25) is 0 Å². The Bertz CT molecular complexity index is 2240. The van der Waals surface area contributed by atoms with Crippen LogP contribution in [0.25, 0.3) is 0 Å². The highest BCUT2D eigenvalue weighted by molar-refractivity contribution is 5.70. The maximum atomic E-state index is 17.6. The molecule has 15 aliphatic rings. The number of aryl methyl sites for hydroxylation is 4. The molecule has 0 saturated heterocycles. The molecule has 0 heterocycles. The van der Waals surface area contributed by atoms with Crippen LogP contribution in [0, 0.1) is 0 Å². The zero-order chi connectivity index (χ0) is 38.5. The van der Waals surface area contributed by atoms with Crippen molar-refractivity contribution in [2.45, 2.75) is 98.7 Å². The second-order valence-corrected chi connectivity index (χ2v) is 16.7. The van der Waals surface area contributed by atoms with Gasteiger partial charge in [-0.2, -0.15) is 35.1 Å². The molecule has 0 atom stereocenters. The van der Waals surface area contributed by atoms with Crippen molar-refractivity contribution in [3.8, 4) is 0 Å². The zero-order valence-corrected chi connectivity index (χ0v) is 30.2. The van der Waals surface area contributed by atoms with E-state index in [0.717, 1.165) is 44.5 Å². The van der Waals surface area contributed by atoms with Crippen LogP contribution in [-0.2, 0) is 49.4 Å². The van der Waals surface area contributed by atoms with Crippen LogP contribution < -0.4 is 0 Å². The standard InChI is InChI=1S/C48H36F8/c49-45(50)35-21-22-36(40-30-15-13-29(14-16-30)39(35)40)46(51,52)48(55,56)38-24-23-37(47(45,53)54)43-41-31-17-9-25-1-2-26(4-3-25)10-18-32-34(41)20-12-28-7-5-27(6-8-28)11-19-33(31)42(32)44(38)43/h1-8,13-16,21-24,29-30,41-42H,9-12,17-20H2. The Morgan fingerprint density at radius 1 is 0.304 bits per heavy atom. The fourth-order valence-corrected chi connectivity index (χ4v) is 11.3. The molecule has 56 heavy (non-hydrogen) atoms. The molecule has 4 aromatic rings. The Hall–Kier alpha value is -4.72. The molecule has 0 saturated carbocycles. The highest BCUT2D eigenvalue weighted by atomic mass is 19.3. The van der Waals surface area contributed by atoms with Gasteiger partial charge in [-0.25, -0.2) is 0 Å². The van der Waals surface area contributed by atoms with Crippen LogP contribution in [0.15, 0.2) is 119 Å². The van der Waals surface area contributed by atoms with Crippen LogP contribution in [0.2, 0.25) is 0 Å². The number of hydrogen-bond donors (Lipinski definition) is 0. The normalized spacial score (nSPS) is 25.8. The molecule has 0 amide bonds. The summed E-state index contributed by atoms with van der Waals surface area (Å²) >= 11 is 0. The van der Waals surface area contributed by atoms with Gasteiger partial charge in [-0.1, -0.05) is 119 Å². The molecule has 0 N–H and O–H groups in total. The molecular formula is C48H36F8.